The molecule has 0 saturated heterocycles. The van der Waals surface area contributed by atoms with Crippen molar-refractivity contribution in [3.05, 3.63) is 47.1 Å². The first-order valence-electron chi connectivity index (χ1n) is 7.52. The molecule has 0 heterocycles. The van der Waals surface area contributed by atoms with Crippen LogP contribution in [0.2, 0.25) is 0 Å². The Bertz CT molecular complexity index is 556. The van der Waals surface area contributed by atoms with Crippen molar-refractivity contribution in [1.82, 2.24) is 0 Å². The van der Waals surface area contributed by atoms with E-state index in [1.807, 2.05) is 32.1 Å². The van der Waals surface area contributed by atoms with Crippen LogP contribution in [0.25, 0.3) is 0 Å². The maximum atomic E-state index is 10.3. The number of hydrogen-bond donors (Lipinski definition) is 0. The summed E-state index contributed by atoms with van der Waals surface area (Å²) in [6.07, 6.45) is 12.9. The summed E-state index contributed by atoms with van der Waals surface area (Å²) in [5, 5.41) is 0. The molecule has 0 N–H and O–H groups in total. The van der Waals surface area contributed by atoms with Gasteiger partial charge in [0.25, 0.3) is 0 Å². The highest BCUT2D eigenvalue weighted by Gasteiger charge is 2.31. The fourth-order valence-corrected chi connectivity index (χ4v) is 2.59. The molecule has 1 atom stereocenters. The molecule has 0 amide bonds. The van der Waals surface area contributed by atoms with Gasteiger partial charge in [-0.1, -0.05) is 55.6 Å². The van der Waals surface area contributed by atoms with Gasteiger partial charge in [-0.2, -0.15) is 0 Å². The normalized spacial score (nSPS) is 22.5. The molecule has 0 aromatic rings. The van der Waals surface area contributed by atoms with Gasteiger partial charge in [0.2, 0.25) is 0 Å². The van der Waals surface area contributed by atoms with Gasteiger partial charge >= 0.3 is 0 Å². The highest BCUT2D eigenvalue weighted by atomic mass is 16.1. The smallest absolute Gasteiger partial charge is 0.143 e. The molecule has 1 rings (SSSR count). The second-order valence-electron chi connectivity index (χ2n) is 6.43. The zero-order chi connectivity index (χ0) is 15.9. The van der Waals surface area contributed by atoms with Gasteiger partial charge in [-0.15, -0.1) is 0 Å². The van der Waals surface area contributed by atoms with E-state index in [4.69, 9.17) is 0 Å². The molecule has 112 valence electrons. The molecule has 0 radical (unpaired) electrons. The lowest BCUT2D eigenvalue weighted by atomic mass is 9.69. The molecule has 0 spiro atoms. The molecular weight excluding hydrogens is 256 g/mol. The number of carbonyl (C=O) groups excluding carboxylic acids is 1. The van der Waals surface area contributed by atoms with Crippen molar-refractivity contribution in [3.63, 3.8) is 0 Å². The monoisotopic (exact) mass is 282 g/mol. The summed E-state index contributed by atoms with van der Waals surface area (Å²) < 4.78 is 0. The van der Waals surface area contributed by atoms with E-state index in [0.29, 0.717) is 5.92 Å². The lowest BCUT2D eigenvalue weighted by Gasteiger charge is -2.35. The lowest BCUT2D eigenvalue weighted by Crippen LogP contribution is -2.26. The van der Waals surface area contributed by atoms with Gasteiger partial charge in [0.1, 0.15) is 6.29 Å². The van der Waals surface area contributed by atoms with Gasteiger partial charge < -0.3 is 0 Å². The first-order valence-corrected chi connectivity index (χ1v) is 7.52. The van der Waals surface area contributed by atoms with Crippen LogP contribution in [0.4, 0.5) is 0 Å². The number of rotatable bonds is 3. The van der Waals surface area contributed by atoms with E-state index in [9.17, 15) is 4.79 Å². The van der Waals surface area contributed by atoms with E-state index >= 15 is 0 Å². The number of carbonyl (C=O) groups is 1. The largest absolute Gasteiger partial charge is 0.299 e. The fourth-order valence-electron chi connectivity index (χ4n) is 2.59. The van der Waals surface area contributed by atoms with E-state index in [1.54, 1.807) is 6.08 Å². The Kier molecular flexibility index (Phi) is 6.43. The van der Waals surface area contributed by atoms with Crippen LogP contribution in [-0.2, 0) is 4.79 Å². The van der Waals surface area contributed by atoms with Crippen LogP contribution in [-0.4, -0.2) is 6.29 Å². The van der Waals surface area contributed by atoms with Crippen LogP contribution in [0.3, 0.4) is 0 Å². The van der Waals surface area contributed by atoms with Crippen molar-refractivity contribution in [1.29, 1.82) is 0 Å². The van der Waals surface area contributed by atoms with Crippen molar-refractivity contribution in [2.24, 2.45) is 11.3 Å². The summed E-state index contributed by atoms with van der Waals surface area (Å²) in [6, 6.07) is 0. The summed E-state index contributed by atoms with van der Waals surface area (Å²) >= 11 is 0. The van der Waals surface area contributed by atoms with Crippen LogP contribution in [0.5, 0.6) is 0 Å². The third-order valence-electron chi connectivity index (χ3n) is 3.94. The van der Waals surface area contributed by atoms with Crippen molar-refractivity contribution < 1.29 is 4.79 Å². The molecule has 0 aromatic heterocycles. The minimum absolute atomic E-state index is 0.255. The predicted molar refractivity (Wildman–Crippen MR) is 90.8 cm³/mol. The van der Waals surface area contributed by atoms with E-state index in [0.717, 1.165) is 23.9 Å². The van der Waals surface area contributed by atoms with E-state index in [2.05, 4.69) is 38.7 Å². The van der Waals surface area contributed by atoms with Crippen molar-refractivity contribution >= 4 is 6.29 Å². The van der Waals surface area contributed by atoms with Gasteiger partial charge in [-0.05, 0) is 56.3 Å². The van der Waals surface area contributed by atoms with Crippen molar-refractivity contribution in [2.75, 3.05) is 0 Å². The predicted octanol–water partition coefficient (Wildman–Crippen LogP) is 5.02. The van der Waals surface area contributed by atoms with Crippen LogP contribution in [0.1, 0.15) is 47.5 Å². The number of allylic oxidation sites excluding steroid dienone is 8. The average Bonchev–Trinajstić information content (AvgIpc) is 2.37. The first-order chi connectivity index (χ1) is 9.86. The van der Waals surface area contributed by atoms with Crippen molar-refractivity contribution in [3.8, 4) is 11.8 Å². The summed E-state index contributed by atoms with van der Waals surface area (Å²) in [5.74, 6) is 7.05. The molecule has 1 aliphatic rings. The SMILES string of the molecule is CC(C#CC1C(C)=CCCC1(C)C)=CC=CC(C)=CC=O. The number of aldehydes is 1. The van der Waals surface area contributed by atoms with Gasteiger partial charge in [0.15, 0.2) is 0 Å². The summed E-state index contributed by atoms with van der Waals surface area (Å²) in [6.45, 7) is 10.7. The maximum absolute atomic E-state index is 10.3. The Morgan fingerprint density at radius 3 is 2.67 bits per heavy atom. The molecule has 0 aromatic carbocycles. The standard InChI is InChI=1S/C20H26O/c1-16(8-6-9-17(2)13-15-21)11-12-19-18(3)10-7-14-20(19,4)5/h6,8-10,13,15,19H,7,14H2,1-5H3. The van der Waals surface area contributed by atoms with Crippen molar-refractivity contribution in [2.45, 2.75) is 47.5 Å². The molecule has 1 heteroatoms. The Morgan fingerprint density at radius 2 is 2.05 bits per heavy atom. The highest BCUT2D eigenvalue weighted by molar-refractivity contribution is 5.66. The second-order valence-corrected chi connectivity index (χ2v) is 6.43. The van der Waals surface area contributed by atoms with Gasteiger partial charge in [0, 0.05) is 5.92 Å². The molecule has 0 aliphatic heterocycles. The van der Waals surface area contributed by atoms with Gasteiger partial charge in [-0.3, -0.25) is 4.79 Å². The summed E-state index contributed by atoms with van der Waals surface area (Å²) in [4.78, 5) is 10.3. The van der Waals surface area contributed by atoms with Gasteiger partial charge in [-0.25, -0.2) is 0 Å². The average molecular weight is 282 g/mol. The molecule has 21 heavy (non-hydrogen) atoms. The lowest BCUT2D eigenvalue weighted by molar-refractivity contribution is -0.104. The minimum Gasteiger partial charge on any atom is -0.299 e. The molecule has 0 fully saturated rings. The molecule has 1 nitrogen and oxygen atoms in total. The van der Waals surface area contributed by atoms with E-state index < -0.39 is 0 Å². The second kappa shape index (κ2) is 7.84. The topological polar surface area (TPSA) is 17.1 Å². The minimum atomic E-state index is 0.255. The van der Waals surface area contributed by atoms with Crippen LogP contribution in [0, 0.1) is 23.2 Å². The van der Waals surface area contributed by atoms with E-state index in [1.165, 1.54) is 12.0 Å². The summed E-state index contributed by atoms with van der Waals surface area (Å²) in [7, 11) is 0. The number of hydrogen-bond acceptors (Lipinski definition) is 1. The third-order valence-corrected chi connectivity index (χ3v) is 3.94. The molecule has 0 bridgehead atoms. The Hall–Kier alpha value is -1.81. The Morgan fingerprint density at radius 1 is 1.33 bits per heavy atom. The molecular formula is C20H26O. The third kappa shape index (κ3) is 5.60. The maximum Gasteiger partial charge on any atom is 0.143 e. The first kappa shape index (κ1) is 17.2. The Labute approximate surface area is 129 Å². The molecule has 1 aliphatic carbocycles. The quantitative estimate of drug-likeness (QED) is 0.233. The van der Waals surface area contributed by atoms with Gasteiger partial charge in [0.05, 0.1) is 0 Å². The summed E-state index contributed by atoms with van der Waals surface area (Å²) in [5.41, 5.74) is 3.63. The highest BCUT2D eigenvalue weighted by Crippen LogP contribution is 2.40. The molecule has 0 saturated carbocycles. The fraction of sp³-hybridized carbons (Fsp3) is 0.450. The zero-order valence-corrected chi connectivity index (χ0v) is 13.9. The van der Waals surface area contributed by atoms with E-state index in [-0.39, 0.29) is 5.41 Å². The Balaban J connectivity index is 2.81. The van der Waals surface area contributed by atoms with Crippen LogP contribution in [0.15, 0.2) is 47.1 Å². The van der Waals surface area contributed by atoms with Crippen LogP contribution < -0.4 is 0 Å². The van der Waals surface area contributed by atoms with Crippen LogP contribution >= 0.6 is 0 Å². The molecule has 1 unspecified atom stereocenters. The zero-order valence-electron chi connectivity index (χ0n) is 13.9.